The lowest BCUT2D eigenvalue weighted by Gasteiger charge is -2.17. The molecule has 0 saturated carbocycles. The summed E-state index contributed by atoms with van der Waals surface area (Å²) in [4.78, 5) is 16.0. The van der Waals surface area contributed by atoms with Crippen LogP contribution in [-0.4, -0.2) is 54.3 Å². The normalized spacial score (nSPS) is 16.8. The van der Waals surface area contributed by atoms with Crippen molar-refractivity contribution in [1.82, 2.24) is 15.1 Å². The molecular formula is C18H21FN4O2. The summed E-state index contributed by atoms with van der Waals surface area (Å²) in [6, 6.07) is 9.64. The molecule has 6 nitrogen and oxygen atoms in total. The number of benzene rings is 1. The molecule has 2 heterocycles. The second-order valence-corrected chi connectivity index (χ2v) is 6.30. The van der Waals surface area contributed by atoms with Crippen LogP contribution in [0.5, 0.6) is 5.88 Å². The van der Waals surface area contributed by atoms with Crippen molar-refractivity contribution in [2.24, 2.45) is 0 Å². The first kappa shape index (κ1) is 17.1. The summed E-state index contributed by atoms with van der Waals surface area (Å²) in [5.74, 6) is 0.942. The Balaban J connectivity index is 1.52. The van der Waals surface area contributed by atoms with Crippen molar-refractivity contribution in [1.29, 1.82) is 0 Å². The minimum absolute atomic E-state index is 0.0201. The van der Waals surface area contributed by atoms with Gasteiger partial charge in [-0.25, -0.2) is 4.39 Å². The van der Waals surface area contributed by atoms with E-state index in [0.717, 1.165) is 17.8 Å². The molecule has 1 fully saturated rings. The van der Waals surface area contributed by atoms with E-state index in [0.29, 0.717) is 19.0 Å². The Hall–Kier alpha value is -2.70. The average molecular weight is 344 g/mol. The first-order valence-electron chi connectivity index (χ1n) is 8.21. The minimum Gasteiger partial charge on any atom is -0.471 e. The van der Waals surface area contributed by atoms with Crippen LogP contribution in [0.1, 0.15) is 12.0 Å². The van der Waals surface area contributed by atoms with Gasteiger partial charge < -0.3 is 14.5 Å². The van der Waals surface area contributed by atoms with E-state index in [4.69, 9.17) is 4.74 Å². The van der Waals surface area contributed by atoms with E-state index >= 15 is 0 Å². The zero-order valence-electron chi connectivity index (χ0n) is 14.4. The molecular weight excluding hydrogens is 323 g/mol. The molecule has 0 aliphatic carbocycles. The maximum absolute atomic E-state index is 12.9. The van der Waals surface area contributed by atoms with Gasteiger partial charge in [0.1, 0.15) is 11.9 Å². The zero-order valence-corrected chi connectivity index (χ0v) is 14.4. The van der Waals surface area contributed by atoms with E-state index in [1.807, 2.05) is 25.1 Å². The fraction of sp³-hybridized carbons (Fsp3) is 0.389. The van der Waals surface area contributed by atoms with Crippen LogP contribution in [-0.2, 0) is 11.2 Å². The van der Waals surface area contributed by atoms with Gasteiger partial charge in [0.05, 0.1) is 13.0 Å². The van der Waals surface area contributed by atoms with Crippen LogP contribution >= 0.6 is 0 Å². The summed E-state index contributed by atoms with van der Waals surface area (Å²) in [6.07, 6.45) is 0.938. The molecule has 1 aliphatic heterocycles. The lowest BCUT2D eigenvalue weighted by molar-refractivity contribution is -0.129. The SMILES string of the molecule is CN(C)c1ccc(OC2CCN(C(=O)Cc3ccc(F)cc3)C2)nn1. The summed E-state index contributed by atoms with van der Waals surface area (Å²) in [6.45, 7) is 1.17. The Bertz CT molecular complexity index is 719. The molecule has 1 atom stereocenters. The van der Waals surface area contributed by atoms with Crippen LogP contribution in [0, 0.1) is 5.82 Å². The van der Waals surface area contributed by atoms with Gasteiger partial charge in [0.2, 0.25) is 11.8 Å². The van der Waals surface area contributed by atoms with Gasteiger partial charge in [0.25, 0.3) is 0 Å². The zero-order chi connectivity index (χ0) is 17.8. The molecule has 0 radical (unpaired) electrons. The van der Waals surface area contributed by atoms with Gasteiger partial charge in [-0.1, -0.05) is 12.1 Å². The van der Waals surface area contributed by atoms with Crippen molar-refractivity contribution < 1.29 is 13.9 Å². The molecule has 7 heteroatoms. The van der Waals surface area contributed by atoms with Crippen LogP contribution in [0.4, 0.5) is 10.2 Å². The number of rotatable bonds is 5. The lowest BCUT2D eigenvalue weighted by atomic mass is 10.1. The van der Waals surface area contributed by atoms with Gasteiger partial charge in [-0.3, -0.25) is 4.79 Å². The molecule has 3 rings (SSSR count). The minimum atomic E-state index is -0.299. The highest BCUT2D eigenvalue weighted by atomic mass is 19.1. The summed E-state index contributed by atoms with van der Waals surface area (Å²) < 4.78 is 18.7. The Morgan fingerprint density at radius 2 is 2.00 bits per heavy atom. The molecule has 1 aromatic heterocycles. The maximum atomic E-state index is 12.9. The van der Waals surface area contributed by atoms with Gasteiger partial charge in [0, 0.05) is 33.1 Å². The number of nitrogens with zero attached hydrogens (tertiary/aromatic N) is 4. The largest absolute Gasteiger partial charge is 0.471 e. The number of carbonyl (C=O) groups is 1. The summed E-state index contributed by atoms with van der Waals surface area (Å²) >= 11 is 0. The molecule has 132 valence electrons. The van der Waals surface area contributed by atoms with Gasteiger partial charge in [-0.05, 0) is 23.8 Å². The van der Waals surface area contributed by atoms with Gasteiger partial charge >= 0.3 is 0 Å². The van der Waals surface area contributed by atoms with Crippen molar-refractivity contribution >= 4 is 11.7 Å². The van der Waals surface area contributed by atoms with E-state index in [1.165, 1.54) is 12.1 Å². The smallest absolute Gasteiger partial charge is 0.233 e. The Morgan fingerprint density at radius 1 is 1.24 bits per heavy atom. The third-order valence-corrected chi connectivity index (χ3v) is 4.14. The number of ether oxygens (including phenoxy) is 1. The molecule has 1 aromatic carbocycles. The highest BCUT2D eigenvalue weighted by Crippen LogP contribution is 2.18. The van der Waals surface area contributed by atoms with E-state index in [-0.39, 0.29) is 24.2 Å². The van der Waals surface area contributed by atoms with Crippen molar-refractivity contribution in [3.8, 4) is 5.88 Å². The van der Waals surface area contributed by atoms with Crippen LogP contribution in [0.25, 0.3) is 0 Å². The van der Waals surface area contributed by atoms with Crippen molar-refractivity contribution in [3.63, 3.8) is 0 Å². The van der Waals surface area contributed by atoms with Crippen molar-refractivity contribution in [3.05, 3.63) is 47.8 Å². The number of carbonyl (C=O) groups excluding carboxylic acids is 1. The Kier molecular flexibility index (Phi) is 5.11. The molecule has 25 heavy (non-hydrogen) atoms. The second-order valence-electron chi connectivity index (χ2n) is 6.30. The topological polar surface area (TPSA) is 58.6 Å². The Labute approximate surface area is 146 Å². The number of halogens is 1. The van der Waals surface area contributed by atoms with E-state index in [9.17, 15) is 9.18 Å². The van der Waals surface area contributed by atoms with Gasteiger partial charge in [0.15, 0.2) is 5.82 Å². The second kappa shape index (κ2) is 7.46. The maximum Gasteiger partial charge on any atom is 0.233 e. The summed E-state index contributed by atoms with van der Waals surface area (Å²) in [7, 11) is 3.79. The third kappa shape index (κ3) is 4.43. The van der Waals surface area contributed by atoms with E-state index in [2.05, 4.69) is 10.2 Å². The summed E-state index contributed by atoms with van der Waals surface area (Å²) in [5.41, 5.74) is 0.806. The predicted octanol–water partition coefficient (Wildman–Crippen LogP) is 1.90. The molecule has 2 aromatic rings. The van der Waals surface area contributed by atoms with Crippen molar-refractivity contribution in [2.45, 2.75) is 18.9 Å². The van der Waals surface area contributed by atoms with E-state index < -0.39 is 0 Å². The van der Waals surface area contributed by atoms with Crippen LogP contribution in [0.2, 0.25) is 0 Å². The van der Waals surface area contributed by atoms with E-state index in [1.54, 1.807) is 23.1 Å². The number of amides is 1. The molecule has 1 unspecified atom stereocenters. The summed E-state index contributed by atoms with van der Waals surface area (Å²) in [5, 5.41) is 8.13. The molecule has 1 amide bonds. The number of likely N-dealkylation sites (tertiary alicyclic amines) is 1. The van der Waals surface area contributed by atoms with Crippen molar-refractivity contribution in [2.75, 3.05) is 32.1 Å². The standard InChI is InChI=1S/C18H21FN4O2/c1-22(2)16-7-8-17(21-20-16)25-15-9-10-23(12-15)18(24)11-13-3-5-14(19)6-4-13/h3-8,15H,9-12H2,1-2H3. The Morgan fingerprint density at radius 3 is 2.64 bits per heavy atom. The quantitative estimate of drug-likeness (QED) is 0.829. The lowest BCUT2D eigenvalue weighted by Crippen LogP contribution is -2.32. The number of hydrogen-bond acceptors (Lipinski definition) is 5. The first-order chi connectivity index (χ1) is 12.0. The fourth-order valence-corrected chi connectivity index (χ4v) is 2.72. The van der Waals surface area contributed by atoms with Crippen LogP contribution in [0.15, 0.2) is 36.4 Å². The number of aromatic nitrogens is 2. The predicted molar refractivity (Wildman–Crippen MR) is 92.1 cm³/mol. The van der Waals surface area contributed by atoms with Crippen LogP contribution < -0.4 is 9.64 Å². The molecule has 0 N–H and O–H groups in total. The highest BCUT2D eigenvalue weighted by Gasteiger charge is 2.27. The van der Waals surface area contributed by atoms with Gasteiger partial charge in [-0.2, -0.15) is 0 Å². The molecule has 0 bridgehead atoms. The van der Waals surface area contributed by atoms with Crippen LogP contribution in [0.3, 0.4) is 0 Å². The highest BCUT2D eigenvalue weighted by molar-refractivity contribution is 5.79. The molecule has 1 saturated heterocycles. The molecule has 0 spiro atoms. The van der Waals surface area contributed by atoms with Gasteiger partial charge in [-0.15, -0.1) is 10.2 Å². The average Bonchev–Trinajstić information content (AvgIpc) is 3.06. The number of hydrogen-bond donors (Lipinski definition) is 0. The molecule has 1 aliphatic rings. The monoisotopic (exact) mass is 344 g/mol. The third-order valence-electron chi connectivity index (χ3n) is 4.14. The first-order valence-corrected chi connectivity index (χ1v) is 8.21. The number of anilines is 1. The fourth-order valence-electron chi connectivity index (χ4n) is 2.72.